The van der Waals surface area contributed by atoms with Crippen molar-refractivity contribution in [2.75, 3.05) is 44.2 Å². The zero-order valence-electron chi connectivity index (χ0n) is 20.2. The van der Waals surface area contributed by atoms with E-state index in [1.165, 1.54) is 12.1 Å². The number of nitrogens with one attached hydrogen (secondary N) is 2. The molecule has 2 heterocycles. The molecule has 2 aromatic carbocycles. The molecule has 2 N–H and O–H groups in total. The molecule has 0 unspecified atom stereocenters. The van der Waals surface area contributed by atoms with Crippen molar-refractivity contribution in [3.8, 4) is 11.5 Å². The Morgan fingerprint density at radius 2 is 1.76 bits per heavy atom. The number of nitro groups is 1. The topological polar surface area (TPSA) is 92.1 Å². The summed E-state index contributed by atoms with van der Waals surface area (Å²) in [6.07, 6.45) is 2.60. The van der Waals surface area contributed by atoms with Crippen LogP contribution >= 0.6 is 0 Å². The van der Waals surface area contributed by atoms with Crippen molar-refractivity contribution in [1.82, 2.24) is 15.5 Å². The molecule has 0 atom stereocenters. The summed E-state index contributed by atoms with van der Waals surface area (Å²) in [6, 6.07) is 10.7. The number of hydrogen-bond acceptors (Lipinski definition) is 8. The first-order chi connectivity index (χ1) is 17.6. The van der Waals surface area contributed by atoms with Crippen LogP contribution in [0, 0.1) is 10.1 Å². The van der Waals surface area contributed by atoms with E-state index in [-0.39, 0.29) is 23.8 Å². The molecule has 0 radical (unpaired) electrons. The highest BCUT2D eigenvalue weighted by molar-refractivity contribution is 5.60. The summed E-state index contributed by atoms with van der Waals surface area (Å²) in [5.74, 6) is -0.0396. The summed E-state index contributed by atoms with van der Waals surface area (Å²) < 4.78 is 46.4. The van der Waals surface area contributed by atoms with E-state index >= 15 is 0 Å². The Bertz CT molecular complexity index is 1140. The highest BCUT2D eigenvalue weighted by Gasteiger charge is 2.31. The van der Waals surface area contributed by atoms with Gasteiger partial charge >= 0.3 is 12.0 Å². The molecule has 0 amide bonds. The normalized spacial score (nSPS) is 17.5. The number of ether oxygens (including phenoxy) is 2. The molecule has 0 spiro atoms. The summed E-state index contributed by atoms with van der Waals surface area (Å²) >= 11 is 0. The number of alkyl halides is 3. The Hall–Kier alpha value is -3.93. The monoisotopic (exact) mass is 519 g/mol. The Labute approximate surface area is 212 Å². The molecule has 1 saturated heterocycles. The summed E-state index contributed by atoms with van der Waals surface area (Å²) in [4.78, 5) is 15.6. The molecule has 2 aromatic rings. The lowest BCUT2D eigenvalue weighted by Crippen LogP contribution is -2.50. The number of anilines is 1. The number of hydrogen-bond donors (Lipinski definition) is 2. The quantitative estimate of drug-likeness (QED) is 0.378. The van der Waals surface area contributed by atoms with Gasteiger partial charge in [0.15, 0.2) is 5.75 Å². The maximum atomic E-state index is 12.3. The van der Waals surface area contributed by atoms with Crippen LogP contribution in [0.4, 0.5) is 24.5 Å². The molecule has 1 fully saturated rings. The van der Waals surface area contributed by atoms with Crippen LogP contribution in [-0.2, 0) is 0 Å². The molecule has 9 nitrogen and oxygen atoms in total. The predicted molar refractivity (Wildman–Crippen MR) is 133 cm³/mol. The summed E-state index contributed by atoms with van der Waals surface area (Å²) in [5, 5.41) is 17.9. The Balaban J connectivity index is 1.28. The van der Waals surface area contributed by atoms with Crippen LogP contribution in [0.1, 0.15) is 12.5 Å². The zero-order chi connectivity index (χ0) is 26.5. The highest BCUT2D eigenvalue weighted by Crippen LogP contribution is 2.32. The van der Waals surface area contributed by atoms with Gasteiger partial charge in [0.05, 0.1) is 4.92 Å². The molecule has 0 saturated carbocycles. The van der Waals surface area contributed by atoms with Gasteiger partial charge in [-0.3, -0.25) is 15.0 Å². The molecule has 0 aromatic heterocycles. The van der Waals surface area contributed by atoms with Crippen LogP contribution in [0.25, 0.3) is 6.08 Å². The molecular formula is C25H28F3N5O4. The molecule has 2 aliphatic rings. The Morgan fingerprint density at radius 3 is 2.38 bits per heavy atom. The summed E-state index contributed by atoms with van der Waals surface area (Å²) in [7, 11) is 0. The number of rotatable bonds is 9. The van der Waals surface area contributed by atoms with Crippen molar-refractivity contribution in [2.24, 2.45) is 0 Å². The van der Waals surface area contributed by atoms with Gasteiger partial charge in [0.25, 0.3) is 0 Å². The fourth-order valence-electron chi connectivity index (χ4n) is 4.07. The molecule has 0 aliphatic carbocycles. The first-order valence-electron chi connectivity index (χ1n) is 11.7. The minimum absolute atomic E-state index is 0.0796. The van der Waals surface area contributed by atoms with E-state index < -0.39 is 16.9 Å². The first kappa shape index (κ1) is 26.1. The van der Waals surface area contributed by atoms with Crippen molar-refractivity contribution in [3.63, 3.8) is 0 Å². The van der Waals surface area contributed by atoms with Gasteiger partial charge in [-0.25, -0.2) is 0 Å². The van der Waals surface area contributed by atoms with Gasteiger partial charge in [-0.1, -0.05) is 24.3 Å². The third kappa shape index (κ3) is 7.29. The van der Waals surface area contributed by atoms with E-state index in [4.69, 9.17) is 4.74 Å². The Morgan fingerprint density at radius 1 is 1.08 bits per heavy atom. The fourth-order valence-corrected chi connectivity index (χ4v) is 4.07. The molecule has 2 aliphatic heterocycles. The van der Waals surface area contributed by atoms with Crippen LogP contribution in [0.15, 0.2) is 60.9 Å². The van der Waals surface area contributed by atoms with Crippen LogP contribution in [0.3, 0.4) is 0 Å². The predicted octanol–water partition coefficient (Wildman–Crippen LogP) is 4.09. The van der Waals surface area contributed by atoms with Crippen molar-refractivity contribution < 1.29 is 27.6 Å². The summed E-state index contributed by atoms with van der Waals surface area (Å²) in [5.41, 5.74) is 0.930. The van der Waals surface area contributed by atoms with Gasteiger partial charge in [0.1, 0.15) is 18.0 Å². The third-order valence-corrected chi connectivity index (χ3v) is 6.07. The van der Waals surface area contributed by atoms with E-state index in [0.717, 1.165) is 24.3 Å². The van der Waals surface area contributed by atoms with Gasteiger partial charge < -0.3 is 25.0 Å². The standard InChI is InChI=1S/C25H28F3N5O4/c1-24(29-10-11-30-24)18-36-23-9-6-20(17-22(23)33(34)35)32-15-13-31(14-16-32)12-2-3-19-4-7-21(8-5-19)37-25(26,27)28/h2-11,17,29-30H,12-16,18H2,1H3. The maximum Gasteiger partial charge on any atom is 0.573 e. The molecule has 37 heavy (non-hydrogen) atoms. The largest absolute Gasteiger partial charge is 0.573 e. The zero-order valence-corrected chi connectivity index (χ0v) is 20.2. The molecular weight excluding hydrogens is 491 g/mol. The molecule has 0 bridgehead atoms. The second-order valence-corrected chi connectivity index (χ2v) is 8.96. The SMILES string of the molecule is CC1(COc2ccc(N3CCN(CC=Cc4ccc(OC(F)(F)F)cc4)CC3)cc2[N+](=O)[O-])NC=CN1. The number of nitro benzene ring substituents is 1. The van der Waals surface area contributed by atoms with Gasteiger partial charge in [0, 0.05) is 56.9 Å². The van der Waals surface area contributed by atoms with Crippen LogP contribution < -0.4 is 25.0 Å². The van der Waals surface area contributed by atoms with E-state index in [0.29, 0.717) is 19.6 Å². The fraction of sp³-hybridized carbons (Fsp3) is 0.360. The minimum atomic E-state index is -4.71. The third-order valence-electron chi connectivity index (χ3n) is 6.07. The number of nitrogens with zero attached hydrogens (tertiary/aromatic N) is 3. The molecule has 12 heteroatoms. The number of piperazine rings is 1. The Kier molecular flexibility index (Phi) is 7.77. The van der Waals surface area contributed by atoms with E-state index in [1.807, 2.05) is 25.1 Å². The number of benzene rings is 2. The lowest BCUT2D eigenvalue weighted by atomic mass is 10.2. The second-order valence-electron chi connectivity index (χ2n) is 8.96. The first-order valence-corrected chi connectivity index (χ1v) is 11.7. The van der Waals surface area contributed by atoms with E-state index in [1.54, 1.807) is 36.7 Å². The van der Waals surface area contributed by atoms with Crippen molar-refractivity contribution in [2.45, 2.75) is 18.9 Å². The smallest absolute Gasteiger partial charge is 0.482 e. The van der Waals surface area contributed by atoms with E-state index in [9.17, 15) is 23.3 Å². The van der Waals surface area contributed by atoms with Crippen molar-refractivity contribution >= 4 is 17.5 Å². The lowest BCUT2D eigenvalue weighted by Gasteiger charge is -2.35. The van der Waals surface area contributed by atoms with Crippen LogP contribution in [0.5, 0.6) is 11.5 Å². The average Bonchev–Trinajstić information content (AvgIpc) is 3.30. The minimum Gasteiger partial charge on any atom is -0.482 e. The van der Waals surface area contributed by atoms with Crippen molar-refractivity contribution in [1.29, 1.82) is 0 Å². The van der Waals surface area contributed by atoms with Gasteiger partial charge in [-0.2, -0.15) is 0 Å². The number of halogens is 3. The molecule has 4 rings (SSSR count). The van der Waals surface area contributed by atoms with Crippen molar-refractivity contribution in [3.05, 3.63) is 76.6 Å². The van der Waals surface area contributed by atoms with E-state index in [2.05, 4.69) is 25.2 Å². The van der Waals surface area contributed by atoms with Gasteiger partial charge in [-0.15, -0.1) is 13.2 Å². The van der Waals surface area contributed by atoms with Gasteiger partial charge in [0.2, 0.25) is 0 Å². The molecule has 198 valence electrons. The maximum absolute atomic E-state index is 12.3. The van der Waals surface area contributed by atoms with Gasteiger partial charge in [-0.05, 0) is 36.8 Å². The second kappa shape index (κ2) is 11.0. The average molecular weight is 520 g/mol. The summed E-state index contributed by atoms with van der Waals surface area (Å²) in [6.45, 7) is 5.70. The lowest BCUT2D eigenvalue weighted by molar-refractivity contribution is -0.385. The van der Waals surface area contributed by atoms with Crippen LogP contribution in [0.2, 0.25) is 0 Å². The van der Waals surface area contributed by atoms with Crippen LogP contribution in [-0.4, -0.2) is 61.2 Å². The highest BCUT2D eigenvalue weighted by atomic mass is 19.4.